The van der Waals surface area contributed by atoms with Crippen LogP contribution in [0.5, 0.6) is 11.5 Å². The summed E-state index contributed by atoms with van der Waals surface area (Å²) in [5, 5.41) is 38.2. The van der Waals surface area contributed by atoms with Crippen LogP contribution in [0, 0.1) is 5.92 Å². The van der Waals surface area contributed by atoms with Gasteiger partial charge in [-0.3, -0.25) is 4.79 Å². The zero-order valence-corrected chi connectivity index (χ0v) is 14.8. The second kappa shape index (κ2) is 7.15. The first kappa shape index (κ1) is 19.7. The molecule has 1 heterocycles. The number of benzene rings is 1. The van der Waals surface area contributed by atoms with Crippen molar-refractivity contribution < 1.29 is 44.0 Å². The summed E-state index contributed by atoms with van der Waals surface area (Å²) in [5.74, 6) is -8.43. The van der Waals surface area contributed by atoms with Crippen molar-refractivity contribution in [1.82, 2.24) is 0 Å². The average molecular weight is 402 g/mol. The lowest BCUT2D eigenvalue weighted by Crippen LogP contribution is -2.34. The third-order valence-electron chi connectivity index (χ3n) is 4.60. The van der Waals surface area contributed by atoms with Gasteiger partial charge in [-0.05, 0) is 41.5 Å². The lowest BCUT2D eigenvalue weighted by Gasteiger charge is -2.31. The Morgan fingerprint density at radius 3 is 2.21 bits per heavy atom. The molecule has 1 aliphatic rings. The summed E-state index contributed by atoms with van der Waals surface area (Å²) in [7, 11) is 1.04. The fourth-order valence-corrected chi connectivity index (χ4v) is 3.32. The Morgan fingerprint density at radius 1 is 1.00 bits per heavy atom. The van der Waals surface area contributed by atoms with Crippen molar-refractivity contribution in [3.05, 3.63) is 62.7 Å². The monoisotopic (exact) mass is 402 g/mol. The zero-order valence-electron chi connectivity index (χ0n) is 14.8. The number of methoxy groups -OCH3 is 1. The van der Waals surface area contributed by atoms with Crippen LogP contribution in [0.4, 0.5) is 0 Å². The van der Waals surface area contributed by atoms with Crippen LogP contribution < -0.4 is 5.63 Å². The van der Waals surface area contributed by atoms with Gasteiger partial charge in [0.15, 0.2) is 11.5 Å². The molecule has 0 saturated heterocycles. The SMILES string of the molecule is COC(=O)C1C(C(=O)O)=Cc2cc(O)c(O)cc2C1c1ccc(C(=O)O)oc1=O. The summed E-state index contributed by atoms with van der Waals surface area (Å²) in [4.78, 5) is 47.7. The molecule has 10 nitrogen and oxygen atoms in total. The molecule has 0 radical (unpaired) electrons. The van der Waals surface area contributed by atoms with E-state index in [2.05, 4.69) is 0 Å². The maximum Gasteiger partial charge on any atom is 0.371 e. The molecule has 0 amide bonds. The minimum atomic E-state index is -1.49. The van der Waals surface area contributed by atoms with Crippen LogP contribution in [0.15, 0.2) is 39.1 Å². The predicted octanol–water partition coefficient (Wildman–Crippen LogP) is 1.15. The van der Waals surface area contributed by atoms with Gasteiger partial charge in [-0.1, -0.05) is 0 Å². The maximum absolute atomic E-state index is 12.5. The number of rotatable bonds is 4. The van der Waals surface area contributed by atoms with Gasteiger partial charge in [0.2, 0.25) is 5.76 Å². The molecule has 150 valence electrons. The van der Waals surface area contributed by atoms with Crippen molar-refractivity contribution in [2.24, 2.45) is 5.92 Å². The molecule has 29 heavy (non-hydrogen) atoms. The molecule has 0 fully saturated rings. The van der Waals surface area contributed by atoms with Gasteiger partial charge >= 0.3 is 23.5 Å². The number of aromatic carboxylic acids is 1. The molecule has 2 atom stereocenters. The summed E-state index contributed by atoms with van der Waals surface area (Å²) in [6.07, 6.45) is 1.13. The highest BCUT2D eigenvalue weighted by Crippen LogP contribution is 2.45. The van der Waals surface area contributed by atoms with Crippen LogP contribution in [0.25, 0.3) is 6.08 Å². The second-order valence-corrected chi connectivity index (χ2v) is 6.20. The molecule has 1 aromatic carbocycles. The van der Waals surface area contributed by atoms with E-state index in [9.17, 15) is 34.5 Å². The van der Waals surface area contributed by atoms with Crippen LogP contribution in [0.1, 0.15) is 33.2 Å². The molecule has 0 spiro atoms. The molecular weight excluding hydrogens is 388 g/mol. The highest BCUT2D eigenvalue weighted by molar-refractivity contribution is 6.01. The summed E-state index contributed by atoms with van der Waals surface area (Å²) in [6.45, 7) is 0. The minimum absolute atomic E-state index is 0.143. The summed E-state index contributed by atoms with van der Waals surface area (Å²) in [6, 6.07) is 4.27. The predicted molar refractivity (Wildman–Crippen MR) is 94.7 cm³/mol. The lowest BCUT2D eigenvalue weighted by atomic mass is 9.71. The number of carbonyl (C=O) groups is 3. The number of phenolic OH excluding ortho intramolecular Hbond substituents is 2. The van der Waals surface area contributed by atoms with Crippen LogP contribution in [-0.4, -0.2) is 45.4 Å². The first-order chi connectivity index (χ1) is 13.6. The van der Waals surface area contributed by atoms with Crippen molar-refractivity contribution >= 4 is 24.0 Å². The third kappa shape index (κ3) is 3.31. The fourth-order valence-electron chi connectivity index (χ4n) is 3.32. The minimum Gasteiger partial charge on any atom is -0.504 e. The average Bonchev–Trinajstić information content (AvgIpc) is 2.67. The van der Waals surface area contributed by atoms with E-state index in [1.807, 2.05) is 0 Å². The van der Waals surface area contributed by atoms with E-state index in [0.717, 1.165) is 37.5 Å². The smallest absolute Gasteiger partial charge is 0.371 e. The van der Waals surface area contributed by atoms with Crippen LogP contribution >= 0.6 is 0 Å². The fraction of sp³-hybridized carbons (Fsp3) is 0.158. The topological polar surface area (TPSA) is 172 Å². The Hall–Kier alpha value is -4.08. The molecule has 1 aliphatic carbocycles. The van der Waals surface area contributed by atoms with E-state index in [1.165, 1.54) is 0 Å². The van der Waals surface area contributed by atoms with E-state index in [-0.39, 0.29) is 16.7 Å². The number of aromatic hydroxyl groups is 2. The Labute approximate surface area is 161 Å². The molecule has 0 saturated carbocycles. The van der Waals surface area contributed by atoms with Gasteiger partial charge in [0, 0.05) is 11.5 Å². The quantitative estimate of drug-likeness (QED) is 0.429. The van der Waals surface area contributed by atoms with Crippen LogP contribution in [0.3, 0.4) is 0 Å². The number of aliphatic carboxylic acids is 1. The third-order valence-corrected chi connectivity index (χ3v) is 4.60. The number of carboxylic acids is 2. The van der Waals surface area contributed by atoms with Crippen molar-refractivity contribution in [2.75, 3.05) is 7.11 Å². The Bertz CT molecular complexity index is 1120. The molecule has 3 rings (SSSR count). The van der Waals surface area contributed by atoms with Gasteiger partial charge in [-0.2, -0.15) is 0 Å². The number of hydrogen-bond acceptors (Lipinski definition) is 8. The molecule has 0 bridgehead atoms. The van der Waals surface area contributed by atoms with Crippen molar-refractivity contribution in [1.29, 1.82) is 0 Å². The van der Waals surface area contributed by atoms with Gasteiger partial charge in [-0.15, -0.1) is 0 Å². The number of ether oxygens (including phenoxy) is 1. The van der Waals surface area contributed by atoms with E-state index >= 15 is 0 Å². The lowest BCUT2D eigenvalue weighted by molar-refractivity contribution is -0.147. The maximum atomic E-state index is 12.5. The van der Waals surface area contributed by atoms with E-state index < -0.39 is 58.2 Å². The number of hydrogen-bond donors (Lipinski definition) is 4. The highest BCUT2D eigenvalue weighted by Gasteiger charge is 2.43. The van der Waals surface area contributed by atoms with Crippen molar-refractivity contribution in [3.63, 3.8) is 0 Å². The molecule has 2 aromatic rings. The standard InChI is InChI=1S/C19H14O10/c1-28-19(27)15-10(16(22)23)4-7-5-11(20)12(21)6-9(7)14(15)8-2-3-13(17(24)25)29-18(8)26/h2-6,14-15,20-21H,1H3,(H,22,23)(H,24,25). The first-order valence-corrected chi connectivity index (χ1v) is 8.11. The summed E-state index contributed by atoms with van der Waals surface area (Å²) < 4.78 is 9.47. The number of esters is 1. The highest BCUT2D eigenvalue weighted by atomic mass is 16.5. The number of fused-ring (bicyclic) bond motifs is 1. The first-order valence-electron chi connectivity index (χ1n) is 8.11. The number of carboxylic acid groups (broad SMARTS) is 2. The molecular formula is C19H14O10. The molecule has 10 heteroatoms. The molecule has 1 aromatic heterocycles. The Kier molecular flexibility index (Phi) is 4.85. The Morgan fingerprint density at radius 2 is 1.66 bits per heavy atom. The normalized spacial score (nSPS) is 17.8. The van der Waals surface area contributed by atoms with Crippen LogP contribution in [-0.2, 0) is 14.3 Å². The van der Waals surface area contributed by atoms with Gasteiger partial charge in [0.25, 0.3) is 0 Å². The largest absolute Gasteiger partial charge is 0.504 e. The molecule has 4 N–H and O–H groups in total. The van der Waals surface area contributed by atoms with Gasteiger partial charge in [0.1, 0.15) is 5.92 Å². The van der Waals surface area contributed by atoms with Gasteiger partial charge in [0.05, 0.1) is 12.7 Å². The van der Waals surface area contributed by atoms with E-state index in [4.69, 9.17) is 14.3 Å². The summed E-state index contributed by atoms with van der Waals surface area (Å²) >= 11 is 0. The van der Waals surface area contributed by atoms with E-state index in [0.29, 0.717) is 0 Å². The zero-order chi connectivity index (χ0) is 21.5. The Balaban J connectivity index is 2.35. The number of phenols is 2. The molecule has 2 unspecified atom stereocenters. The van der Waals surface area contributed by atoms with Crippen LogP contribution in [0.2, 0.25) is 0 Å². The van der Waals surface area contributed by atoms with Gasteiger partial charge in [-0.25, -0.2) is 14.4 Å². The molecule has 0 aliphatic heterocycles. The van der Waals surface area contributed by atoms with E-state index in [1.54, 1.807) is 0 Å². The second-order valence-electron chi connectivity index (χ2n) is 6.20. The van der Waals surface area contributed by atoms with Gasteiger partial charge < -0.3 is 29.6 Å². The van der Waals surface area contributed by atoms with Crippen molar-refractivity contribution in [2.45, 2.75) is 5.92 Å². The van der Waals surface area contributed by atoms with Crippen molar-refractivity contribution in [3.8, 4) is 11.5 Å². The summed E-state index contributed by atoms with van der Waals surface area (Å²) in [5.41, 5.74) is -1.45. The number of carbonyl (C=O) groups excluding carboxylic acids is 1.